The molecule has 0 aromatic heterocycles. The first kappa shape index (κ1) is 23.2. The van der Waals surface area contributed by atoms with Crippen LogP contribution in [0.3, 0.4) is 0 Å². The molecule has 1 amide bonds. The van der Waals surface area contributed by atoms with E-state index in [0.717, 1.165) is 0 Å². The highest BCUT2D eigenvalue weighted by Gasteiger charge is 2.37. The van der Waals surface area contributed by atoms with Crippen molar-refractivity contribution < 1.29 is 28.7 Å². The van der Waals surface area contributed by atoms with Crippen LogP contribution < -0.4 is 4.90 Å². The molecule has 2 atom stereocenters. The lowest BCUT2D eigenvalue weighted by molar-refractivity contribution is -0.151. The third-order valence-electron chi connectivity index (χ3n) is 5.20. The lowest BCUT2D eigenvalue weighted by Crippen LogP contribution is -2.31. The van der Waals surface area contributed by atoms with Gasteiger partial charge in [-0.25, -0.2) is 4.79 Å². The van der Waals surface area contributed by atoms with Crippen LogP contribution >= 0.6 is 0 Å². The van der Waals surface area contributed by atoms with Crippen molar-refractivity contribution in [3.05, 3.63) is 65.7 Å². The Morgan fingerprint density at radius 1 is 0.969 bits per heavy atom. The zero-order valence-corrected chi connectivity index (χ0v) is 18.4. The Morgan fingerprint density at radius 2 is 1.62 bits per heavy atom. The van der Waals surface area contributed by atoms with Crippen molar-refractivity contribution in [1.29, 1.82) is 0 Å². The smallest absolute Gasteiger partial charge is 0.338 e. The first-order chi connectivity index (χ1) is 15.3. The van der Waals surface area contributed by atoms with Crippen LogP contribution in [-0.4, -0.2) is 42.4 Å². The van der Waals surface area contributed by atoms with Crippen LogP contribution in [0, 0.1) is 5.92 Å². The van der Waals surface area contributed by atoms with E-state index in [2.05, 4.69) is 0 Å². The van der Waals surface area contributed by atoms with Gasteiger partial charge in [0, 0.05) is 24.2 Å². The predicted octanol–water partition coefficient (Wildman–Crippen LogP) is 3.81. The molecule has 1 heterocycles. The molecular weight excluding hydrogens is 410 g/mol. The molecule has 0 aliphatic carbocycles. The monoisotopic (exact) mass is 437 g/mol. The fourth-order valence-electron chi connectivity index (χ4n) is 3.52. The van der Waals surface area contributed by atoms with Crippen molar-refractivity contribution in [1.82, 2.24) is 0 Å². The molecule has 1 fully saturated rings. The molecule has 0 spiro atoms. The second-order valence-corrected chi connectivity index (χ2v) is 7.97. The van der Waals surface area contributed by atoms with Gasteiger partial charge in [-0.05, 0) is 44.5 Å². The molecule has 1 saturated heterocycles. The lowest BCUT2D eigenvalue weighted by Gasteiger charge is -2.19. The van der Waals surface area contributed by atoms with Crippen molar-refractivity contribution >= 4 is 29.3 Å². The standard InChI is InChI=1S/C25H27NO6/c1-4-21(23(28)17-8-6-5-7-9-17)32-25(30)19-14-22(27)26(15-19)20-12-10-18(11-13-20)24(29)31-16(2)3/h5-13,16,19,21H,4,14-15H2,1-3H3/t19-,21+/m1/s1. The van der Waals surface area contributed by atoms with Crippen LogP contribution in [0.15, 0.2) is 54.6 Å². The summed E-state index contributed by atoms with van der Waals surface area (Å²) in [6, 6.07) is 15.1. The molecule has 0 bridgehead atoms. The largest absolute Gasteiger partial charge is 0.459 e. The molecule has 0 saturated carbocycles. The number of benzene rings is 2. The molecule has 0 unspecified atom stereocenters. The average Bonchev–Trinajstić information content (AvgIpc) is 3.18. The molecular formula is C25H27NO6. The summed E-state index contributed by atoms with van der Waals surface area (Å²) in [6.07, 6.45) is -0.765. The third-order valence-corrected chi connectivity index (χ3v) is 5.20. The molecule has 32 heavy (non-hydrogen) atoms. The normalized spacial score (nSPS) is 16.7. The van der Waals surface area contributed by atoms with Gasteiger partial charge in [-0.3, -0.25) is 14.4 Å². The van der Waals surface area contributed by atoms with Crippen LogP contribution in [0.1, 0.15) is 54.3 Å². The average molecular weight is 437 g/mol. The first-order valence-corrected chi connectivity index (χ1v) is 10.7. The number of carbonyl (C=O) groups excluding carboxylic acids is 4. The summed E-state index contributed by atoms with van der Waals surface area (Å²) in [5.41, 5.74) is 1.45. The zero-order chi connectivity index (χ0) is 23.3. The number of rotatable bonds is 8. The van der Waals surface area contributed by atoms with Crippen LogP contribution in [0.25, 0.3) is 0 Å². The highest BCUT2D eigenvalue weighted by molar-refractivity contribution is 6.02. The molecule has 3 rings (SSSR count). The van der Waals surface area contributed by atoms with Crippen molar-refractivity contribution in [2.45, 2.75) is 45.8 Å². The molecule has 168 valence electrons. The number of nitrogens with zero attached hydrogens (tertiary/aromatic N) is 1. The van der Waals surface area contributed by atoms with E-state index < -0.39 is 24.0 Å². The van der Waals surface area contributed by atoms with Crippen molar-refractivity contribution in [2.24, 2.45) is 5.92 Å². The van der Waals surface area contributed by atoms with E-state index in [4.69, 9.17) is 9.47 Å². The van der Waals surface area contributed by atoms with Gasteiger partial charge >= 0.3 is 11.9 Å². The molecule has 0 N–H and O–H groups in total. The van der Waals surface area contributed by atoms with E-state index in [9.17, 15) is 19.2 Å². The zero-order valence-electron chi connectivity index (χ0n) is 18.4. The van der Waals surface area contributed by atoms with E-state index in [1.165, 1.54) is 4.90 Å². The van der Waals surface area contributed by atoms with Gasteiger partial charge < -0.3 is 14.4 Å². The van der Waals surface area contributed by atoms with Crippen molar-refractivity contribution in [3.63, 3.8) is 0 Å². The van der Waals surface area contributed by atoms with E-state index in [-0.39, 0.29) is 30.8 Å². The predicted molar refractivity (Wildman–Crippen MR) is 118 cm³/mol. The van der Waals surface area contributed by atoms with Gasteiger partial charge in [-0.15, -0.1) is 0 Å². The van der Waals surface area contributed by atoms with Crippen LogP contribution in [0.5, 0.6) is 0 Å². The number of hydrogen-bond donors (Lipinski definition) is 0. The Morgan fingerprint density at radius 3 is 2.22 bits per heavy atom. The lowest BCUT2D eigenvalue weighted by atomic mass is 10.0. The number of hydrogen-bond acceptors (Lipinski definition) is 6. The minimum Gasteiger partial charge on any atom is -0.459 e. The number of Topliss-reactive ketones (excluding diaryl/α,β-unsaturated/α-hetero) is 1. The van der Waals surface area contributed by atoms with E-state index >= 15 is 0 Å². The summed E-state index contributed by atoms with van der Waals surface area (Å²) in [5.74, 6) is -2.13. The SMILES string of the molecule is CC[C@H](OC(=O)[C@@H]1CC(=O)N(c2ccc(C(=O)OC(C)C)cc2)C1)C(=O)c1ccccc1. The highest BCUT2D eigenvalue weighted by atomic mass is 16.5. The Bertz CT molecular complexity index is 983. The van der Waals surface area contributed by atoms with E-state index in [0.29, 0.717) is 23.2 Å². The molecule has 0 radical (unpaired) electrons. The Kier molecular flexibility index (Phi) is 7.41. The maximum Gasteiger partial charge on any atom is 0.338 e. The van der Waals surface area contributed by atoms with Gasteiger partial charge in [0.25, 0.3) is 0 Å². The van der Waals surface area contributed by atoms with Crippen LogP contribution in [-0.2, 0) is 19.1 Å². The van der Waals surface area contributed by atoms with Crippen molar-refractivity contribution in [2.75, 3.05) is 11.4 Å². The Hall–Kier alpha value is -3.48. The van der Waals surface area contributed by atoms with Gasteiger partial charge in [0.05, 0.1) is 17.6 Å². The van der Waals surface area contributed by atoms with Gasteiger partial charge in [0.2, 0.25) is 11.7 Å². The number of carbonyl (C=O) groups is 4. The maximum absolute atomic E-state index is 12.7. The highest BCUT2D eigenvalue weighted by Crippen LogP contribution is 2.27. The molecule has 2 aromatic rings. The quantitative estimate of drug-likeness (QED) is 0.461. The molecule has 7 heteroatoms. The van der Waals surface area contributed by atoms with Gasteiger partial charge in [0.15, 0.2) is 6.10 Å². The number of esters is 2. The summed E-state index contributed by atoms with van der Waals surface area (Å²) in [5, 5.41) is 0. The molecule has 1 aliphatic heterocycles. The van der Waals surface area contributed by atoms with E-state index in [1.807, 2.05) is 6.07 Å². The Balaban J connectivity index is 1.64. The summed E-state index contributed by atoms with van der Waals surface area (Å²) in [6.45, 7) is 5.47. The fourth-order valence-corrected chi connectivity index (χ4v) is 3.52. The second-order valence-electron chi connectivity index (χ2n) is 7.97. The number of amides is 1. The number of ether oxygens (including phenoxy) is 2. The van der Waals surface area contributed by atoms with Gasteiger partial charge in [-0.2, -0.15) is 0 Å². The molecule has 1 aliphatic rings. The van der Waals surface area contributed by atoms with Crippen LogP contribution in [0.2, 0.25) is 0 Å². The van der Waals surface area contributed by atoms with Crippen molar-refractivity contribution in [3.8, 4) is 0 Å². The summed E-state index contributed by atoms with van der Waals surface area (Å²) < 4.78 is 10.7. The molecule has 7 nitrogen and oxygen atoms in total. The Labute approximate surface area is 187 Å². The topological polar surface area (TPSA) is 90.0 Å². The summed E-state index contributed by atoms with van der Waals surface area (Å²) in [4.78, 5) is 51.3. The molecule has 2 aromatic carbocycles. The minimum absolute atomic E-state index is 0.00589. The third kappa shape index (κ3) is 5.41. The number of ketones is 1. The minimum atomic E-state index is -0.889. The number of anilines is 1. The van der Waals surface area contributed by atoms with Gasteiger partial charge in [-0.1, -0.05) is 37.3 Å². The van der Waals surface area contributed by atoms with Crippen LogP contribution in [0.4, 0.5) is 5.69 Å². The van der Waals surface area contributed by atoms with Gasteiger partial charge in [0.1, 0.15) is 0 Å². The second kappa shape index (κ2) is 10.2. The fraction of sp³-hybridized carbons (Fsp3) is 0.360. The maximum atomic E-state index is 12.7. The summed E-state index contributed by atoms with van der Waals surface area (Å²) in [7, 11) is 0. The first-order valence-electron chi connectivity index (χ1n) is 10.7. The van der Waals surface area contributed by atoms with E-state index in [1.54, 1.807) is 69.3 Å². The summed E-state index contributed by atoms with van der Waals surface area (Å²) >= 11 is 0.